The lowest BCUT2D eigenvalue weighted by Crippen LogP contribution is -2.32. The lowest BCUT2D eigenvalue weighted by Gasteiger charge is -2.17. The first kappa shape index (κ1) is 9.55. The normalized spacial score (nSPS) is 23.6. The van der Waals surface area contributed by atoms with Crippen molar-refractivity contribution in [1.82, 2.24) is 15.3 Å². The molecule has 1 aromatic heterocycles. The zero-order chi connectivity index (χ0) is 9.80. The summed E-state index contributed by atoms with van der Waals surface area (Å²) in [4.78, 5) is 8.30. The Kier molecular flexibility index (Phi) is 3.06. The third kappa shape index (κ3) is 2.27. The monoisotopic (exact) mass is 193 g/mol. The smallest absolute Gasteiger partial charge is 0.0753 e. The van der Waals surface area contributed by atoms with Crippen LogP contribution in [-0.2, 0) is 4.74 Å². The fourth-order valence-electron chi connectivity index (χ4n) is 1.64. The van der Waals surface area contributed by atoms with Crippen molar-refractivity contribution >= 4 is 0 Å². The highest BCUT2D eigenvalue weighted by Gasteiger charge is 2.18. The highest BCUT2D eigenvalue weighted by Crippen LogP contribution is 2.12. The molecule has 2 atom stereocenters. The van der Waals surface area contributed by atoms with Gasteiger partial charge in [0.1, 0.15) is 0 Å². The molecule has 76 valence electrons. The minimum absolute atomic E-state index is 0.246. The maximum atomic E-state index is 5.30. The minimum Gasteiger partial charge on any atom is -0.380 e. The number of ether oxygens (including phenoxy) is 1. The van der Waals surface area contributed by atoms with E-state index >= 15 is 0 Å². The maximum Gasteiger partial charge on any atom is 0.0753 e. The van der Waals surface area contributed by atoms with E-state index in [1.54, 1.807) is 18.6 Å². The summed E-state index contributed by atoms with van der Waals surface area (Å²) < 4.78 is 5.30. The van der Waals surface area contributed by atoms with Gasteiger partial charge in [0.15, 0.2) is 0 Å². The van der Waals surface area contributed by atoms with Crippen molar-refractivity contribution in [2.24, 2.45) is 0 Å². The van der Waals surface area contributed by atoms with Crippen molar-refractivity contribution in [1.29, 1.82) is 0 Å². The second-order valence-corrected chi connectivity index (χ2v) is 3.58. The third-order valence-electron chi connectivity index (χ3n) is 2.44. The molecule has 0 saturated carbocycles. The zero-order valence-corrected chi connectivity index (χ0v) is 8.31. The van der Waals surface area contributed by atoms with Crippen molar-refractivity contribution in [2.45, 2.75) is 25.4 Å². The standard InChI is InChI=1S/C10H15N3O/c1-8(10-6-11-3-4-12-10)13-9-2-5-14-7-9/h3-4,6,8-9,13H,2,5,7H2,1H3. The van der Waals surface area contributed by atoms with Crippen molar-refractivity contribution in [3.05, 3.63) is 24.3 Å². The third-order valence-corrected chi connectivity index (χ3v) is 2.44. The molecular weight excluding hydrogens is 178 g/mol. The van der Waals surface area contributed by atoms with E-state index in [4.69, 9.17) is 4.74 Å². The Balaban J connectivity index is 1.92. The van der Waals surface area contributed by atoms with Crippen LogP contribution in [0, 0.1) is 0 Å². The number of hydrogen-bond donors (Lipinski definition) is 1. The second kappa shape index (κ2) is 4.48. The summed E-state index contributed by atoms with van der Waals surface area (Å²) in [6.45, 7) is 3.78. The van der Waals surface area contributed by atoms with Gasteiger partial charge in [-0.1, -0.05) is 0 Å². The van der Waals surface area contributed by atoms with Gasteiger partial charge in [-0.25, -0.2) is 0 Å². The molecule has 1 N–H and O–H groups in total. The van der Waals surface area contributed by atoms with Crippen LogP contribution in [0.15, 0.2) is 18.6 Å². The first-order valence-electron chi connectivity index (χ1n) is 4.96. The predicted molar refractivity (Wildman–Crippen MR) is 52.8 cm³/mol. The number of hydrogen-bond acceptors (Lipinski definition) is 4. The molecule has 1 saturated heterocycles. The average molecular weight is 193 g/mol. The van der Waals surface area contributed by atoms with Crippen LogP contribution >= 0.6 is 0 Å². The number of rotatable bonds is 3. The molecule has 4 heteroatoms. The summed E-state index contributed by atoms with van der Waals surface area (Å²) in [5.41, 5.74) is 0.986. The van der Waals surface area contributed by atoms with Gasteiger partial charge in [0.25, 0.3) is 0 Å². The van der Waals surface area contributed by atoms with Crippen LogP contribution in [0.3, 0.4) is 0 Å². The topological polar surface area (TPSA) is 47.0 Å². The van der Waals surface area contributed by atoms with E-state index in [-0.39, 0.29) is 6.04 Å². The summed E-state index contributed by atoms with van der Waals surface area (Å²) in [7, 11) is 0. The molecule has 0 spiro atoms. The van der Waals surface area contributed by atoms with E-state index in [9.17, 15) is 0 Å². The fourth-order valence-corrected chi connectivity index (χ4v) is 1.64. The van der Waals surface area contributed by atoms with E-state index in [1.165, 1.54) is 0 Å². The van der Waals surface area contributed by atoms with Gasteiger partial charge in [0.05, 0.1) is 12.3 Å². The van der Waals surface area contributed by atoms with Gasteiger partial charge in [-0.3, -0.25) is 9.97 Å². The van der Waals surface area contributed by atoms with E-state index in [1.807, 2.05) is 0 Å². The van der Waals surface area contributed by atoms with Crippen LogP contribution in [0.25, 0.3) is 0 Å². The summed E-state index contributed by atoms with van der Waals surface area (Å²) >= 11 is 0. The van der Waals surface area contributed by atoms with Crippen molar-refractivity contribution in [3.63, 3.8) is 0 Å². The van der Waals surface area contributed by atoms with Crippen LogP contribution in [0.2, 0.25) is 0 Å². The van der Waals surface area contributed by atoms with Gasteiger partial charge < -0.3 is 10.1 Å². The number of nitrogens with zero attached hydrogens (tertiary/aromatic N) is 2. The van der Waals surface area contributed by atoms with Crippen LogP contribution in [-0.4, -0.2) is 29.2 Å². The number of aromatic nitrogens is 2. The molecule has 1 aliphatic heterocycles. The SMILES string of the molecule is CC(NC1CCOC1)c1cnccn1. The molecule has 1 aliphatic rings. The van der Waals surface area contributed by atoms with Gasteiger partial charge in [0.2, 0.25) is 0 Å². The maximum absolute atomic E-state index is 5.30. The largest absolute Gasteiger partial charge is 0.380 e. The zero-order valence-electron chi connectivity index (χ0n) is 8.31. The summed E-state index contributed by atoms with van der Waals surface area (Å²) in [6.07, 6.45) is 6.30. The Morgan fingerprint density at radius 1 is 1.57 bits per heavy atom. The van der Waals surface area contributed by atoms with Gasteiger partial charge >= 0.3 is 0 Å². The Morgan fingerprint density at radius 2 is 2.50 bits per heavy atom. The molecular formula is C10H15N3O. The molecule has 2 unspecified atom stereocenters. The molecule has 1 fully saturated rings. The molecule has 4 nitrogen and oxygen atoms in total. The second-order valence-electron chi connectivity index (χ2n) is 3.58. The van der Waals surface area contributed by atoms with E-state index in [0.717, 1.165) is 25.3 Å². The molecule has 0 aliphatic carbocycles. The van der Waals surface area contributed by atoms with E-state index in [0.29, 0.717) is 6.04 Å². The molecule has 0 radical (unpaired) electrons. The minimum atomic E-state index is 0.246. The summed E-state index contributed by atoms with van der Waals surface area (Å²) in [5.74, 6) is 0. The van der Waals surface area contributed by atoms with Crippen LogP contribution in [0.4, 0.5) is 0 Å². The Bertz CT molecular complexity index is 272. The van der Waals surface area contributed by atoms with Gasteiger partial charge in [-0.2, -0.15) is 0 Å². The molecule has 2 rings (SSSR count). The fraction of sp³-hybridized carbons (Fsp3) is 0.600. The van der Waals surface area contributed by atoms with E-state index in [2.05, 4.69) is 22.2 Å². The molecule has 0 amide bonds. The molecule has 2 heterocycles. The quantitative estimate of drug-likeness (QED) is 0.775. The van der Waals surface area contributed by atoms with Crippen LogP contribution in [0.5, 0.6) is 0 Å². The Hall–Kier alpha value is -1.00. The van der Waals surface area contributed by atoms with Crippen molar-refractivity contribution < 1.29 is 4.74 Å². The lowest BCUT2D eigenvalue weighted by atomic mass is 10.2. The average Bonchev–Trinajstić information content (AvgIpc) is 2.72. The highest BCUT2D eigenvalue weighted by molar-refractivity contribution is 5.01. The summed E-state index contributed by atoms with van der Waals surface area (Å²) in [5, 5.41) is 3.47. The molecule has 0 bridgehead atoms. The molecule has 1 aromatic rings. The number of nitrogens with one attached hydrogen (secondary N) is 1. The lowest BCUT2D eigenvalue weighted by molar-refractivity contribution is 0.188. The predicted octanol–water partition coefficient (Wildman–Crippen LogP) is 0.916. The van der Waals surface area contributed by atoms with Gasteiger partial charge in [-0.15, -0.1) is 0 Å². The Labute approximate surface area is 83.7 Å². The van der Waals surface area contributed by atoms with Gasteiger partial charge in [-0.05, 0) is 13.3 Å². The first-order chi connectivity index (χ1) is 6.86. The highest BCUT2D eigenvalue weighted by atomic mass is 16.5. The summed E-state index contributed by atoms with van der Waals surface area (Å²) in [6, 6.07) is 0.711. The van der Waals surface area contributed by atoms with Crippen molar-refractivity contribution in [2.75, 3.05) is 13.2 Å². The Morgan fingerprint density at radius 3 is 3.14 bits per heavy atom. The van der Waals surface area contributed by atoms with Crippen LogP contribution in [0.1, 0.15) is 25.1 Å². The van der Waals surface area contributed by atoms with Crippen molar-refractivity contribution in [3.8, 4) is 0 Å². The molecule has 14 heavy (non-hydrogen) atoms. The first-order valence-corrected chi connectivity index (χ1v) is 4.96. The van der Waals surface area contributed by atoms with Crippen LogP contribution < -0.4 is 5.32 Å². The molecule has 0 aromatic carbocycles. The van der Waals surface area contributed by atoms with Gasteiger partial charge in [0, 0.05) is 37.3 Å². The van der Waals surface area contributed by atoms with E-state index < -0.39 is 0 Å².